The van der Waals surface area contributed by atoms with E-state index in [1.54, 1.807) is 17.3 Å². The number of anilines is 1. The average molecular weight is 585 g/mol. The fraction of sp³-hybridized carbons (Fsp3) is 0.303. The number of hydrogen-bond donors (Lipinski definition) is 1. The minimum atomic E-state index is -3.87. The Morgan fingerprint density at radius 1 is 1.02 bits per heavy atom. The van der Waals surface area contributed by atoms with Gasteiger partial charge in [0.15, 0.2) is 0 Å². The number of amides is 1. The molecule has 1 amide bonds. The van der Waals surface area contributed by atoms with Gasteiger partial charge in [0.05, 0.1) is 11.4 Å². The van der Waals surface area contributed by atoms with Gasteiger partial charge in [0, 0.05) is 41.5 Å². The molecule has 216 valence electrons. The van der Waals surface area contributed by atoms with Crippen LogP contribution in [0.5, 0.6) is 0 Å². The second-order valence-corrected chi connectivity index (χ2v) is 13.2. The predicted molar refractivity (Wildman–Crippen MR) is 159 cm³/mol. The molecule has 0 aliphatic heterocycles. The number of benzene rings is 3. The Bertz CT molecular complexity index is 1690. The number of carbonyl (C=O) groups excluding carboxylic acids is 1. The van der Waals surface area contributed by atoms with E-state index < -0.39 is 21.9 Å². The fourth-order valence-electron chi connectivity index (χ4n) is 5.71. The zero-order valence-electron chi connectivity index (χ0n) is 23.6. The molecule has 3 aromatic carbocycles. The van der Waals surface area contributed by atoms with Crippen molar-refractivity contribution in [3.63, 3.8) is 0 Å². The quantitative estimate of drug-likeness (QED) is 0.259. The minimum Gasteiger partial charge on any atom is -0.308 e. The Balaban J connectivity index is 1.29. The molecule has 6 rings (SSSR count). The van der Waals surface area contributed by atoms with Crippen molar-refractivity contribution in [2.45, 2.75) is 62.4 Å². The number of sulfonamides is 1. The summed E-state index contributed by atoms with van der Waals surface area (Å²) in [6.45, 7) is 4.37. The maximum Gasteiger partial charge on any atom is 0.241 e. The van der Waals surface area contributed by atoms with Gasteiger partial charge in [-0.1, -0.05) is 50.2 Å². The largest absolute Gasteiger partial charge is 0.308 e. The third kappa shape index (κ3) is 5.84. The Labute approximate surface area is 245 Å². The second kappa shape index (κ2) is 11.4. The molecule has 4 aromatic rings. The Hall–Kier alpha value is -3.95. The van der Waals surface area contributed by atoms with E-state index in [4.69, 9.17) is 0 Å². The fourth-order valence-corrected chi connectivity index (χ4v) is 6.96. The molecular weight excluding hydrogens is 551 g/mol. The van der Waals surface area contributed by atoms with E-state index in [2.05, 4.69) is 26.8 Å². The van der Waals surface area contributed by atoms with E-state index >= 15 is 0 Å². The zero-order valence-corrected chi connectivity index (χ0v) is 24.4. The molecule has 0 radical (unpaired) electrons. The molecule has 0 spiro atoms. The van der Waals surface area contributed by atoms with Crippen molar-refractivity contribution in [3.8, 4) is 0 Å². The molecule has 42 heavy (non-hydrogen) atoms. The molecule has 0 bridgehead atoms. The molecule has 9 heteroatoms. The Morgan fingerprint density at radius 3 is 2.43 bits per heavy atom. The van der Waals surface area contributed by atoms with Gasteiger partial charge in [0.2, 0.25) is 15.9 Å². The number of rotatable bonds is 9. The van der Waals surface area contributed by atoms with Crippen molar-refractivity contribution < 1.29 is 17.6 Å². The number of halogens is 1. The van der Waals surface area contributed by atoms with Crippen molar-refractivity contribution in [2.75, 3.05) is 4.90 Å². The number of nitrogens with zero attached hydrogens (tertiary/aromatic N) is 3. The maximum atomic E-state index is 14.0. The number of carbonyl (C=O) groups is 1. The van der Waals surface area contributed by atoms with Crippen molar-refractivity contribution >= 4 is 21.6 Å². The second-order valence-electron chi connectivity index (χ2n) is 11.4. The number of nitrogens with one attached hydrogen (secondary N) is 1. The highest BCUT2D eigenvalue weighted by atomic mass is 32.2. The van der Waals surface area contributed by atoms with Gasteiger partial charge >= 0.3 is 0 Å². The topological polar surface area (TPSA) is 92.3 Å². The van der Waals surface area contributed by atoms with E-state index in [0.717, 1.165) is 46.6 Å². The number of hydrogen-bond acceptors (Lipinski definition) is 5. The lowest BCUT2D eigenvalue weighted by atomic mass is 10.1. The summed E-state index contributed by atoms with van der Waals surface area (Å²) < 4.78 is 42.4. The average Bonchev–Trinajstić information content (AvgIpc) is 3.71. The smallest absolute Gasteiger partial charge is 0.241 e. The molecule has 3 atom stereocenters. The van der Waals surface area contributed by atoms with Gasteiger partial charge in [-0.2, -0.15) is 0 Å². The molecule has 1 saturated carbocycles. The van der Waals surface area contributed by atoms with Gasteiger partial charge in [-0.05, 0) is 78.3 Å². The SMILES string of the molecule is CC(C)c1ncc(CN(C(=O)C2CC2c2ccccc2)c2ccc3c(c2)C(NS(=O)(=O)c2ccc(F)cc2)CC3)cn1. The standard InChI is InChI=1S/C33H33FN4O3S/c1-21(2)32-35-18-22(19-36-32)20-38(33(39)30-17-28(30)23-6-4-3-5-7-23)26-12-8-24-9-15-31(29(24)16-26)37-42(40,41)27-13-10-25(34)11-14-27/h3-8,10-14,16,18-19,21,28,30-31,37H,9,15,17,20H2,1-2H3. The van der Waals surface area contributed by atoms with E-state index in [0.29, 0.717) is 25.1 Å². The maximum absolute atomic E-state index is 14.0. The van der Waals surface area contributed by atoms with Crippen molar-refractivity contribution in [3.05, 3.63) is 119 Å². The first kappa shape index (κ1) is 28.2. The number of aryl methyl sites for hydroxylation is 1. The lowest BCUT2D eigenvalue weighted by Crippen LogP contribution is -2.32. The van der Waals surface area contributed by atoms with Crippen LogP contribution in [-0.2, 0) is 27.8 Å². The molecule has 1 aromatic heterocycles. The summed E-state index contributed by atoms with van der Waals surface area (Å²) in [7, 11) is -3.87. The van der Waals surface area contributed by atoms with Crippen LogP contribution in [-0.4, -0.2) is 24.3 Å². The highest BCUT2D eigenvalue weighted by molar-refractivity contribution is 7.89. The molecule has 2 aliphatic rings. The van der Waals surface area contributed by atoms with Crippen LogP contribution in [0.3, 0.4) is 0 Å². The van der Waals surface area contributed by atoms with Crippen molar-refractivity contribution in [1.82, 2.24) is 14.7 Å². The van der Waals surface area contributed by atoms with Crippen LogP contribution in [0.4, 0.5) is 10.1 Å². The highest BCUT2D eigenvalue weighted by Crippen LogP contribution is 2.49. The number of fused-ring (bicyclic) bond motifs is 1. The zero-order chi connectivity index (χ0) is 29.4. The first-order valence-electron chi connectivity index (χ1n) is 14.3. The third-order valence-electron chi connectivity index (χ3n) is 8.12. The van der Waals surface area contributed by atoms with Gasteiger partial charge in [0.25, 0.3) is 0 Å². The summed E-state index contributed by atoms with van der Waals surface area (Å²) in [6.07, 6.45) is 5.64. The Morgan fingerprint density at radius 2 is 1.74 bits per heavy atom. The van der Waals surface area contributed by atoms with E-state index in [-0.39, 0.29) is 28.6 Å². The summed E-state index contributed by atoms with van der Waals surface area (Å²) in [5, 5.41) is 0. The molecule has 1 N–H and O–H groups in total. The van der Waals surface area contributed by atoms with Gasteiger partial charge in [-0.3, -0.25) is 4.79 Å². The highest BCUT2D eigenvalue weighted by Gasteiger charge is 2.46. The molecule has 0 saturated heterocycles. The summed E-state index contributed by atoms with van der Waals surface area (Å²) in [4.78, 5) is 24.8. The summed E-state index contributed by atoms with van der Waals surface area (Å²) in [5.41, 5.74) is 4.57. The van der Waals surface area contributed by atoms with E-state index in [9.17, 15) is 17.6 Å². The van der Waals surface area contributed by atoms with Gasteiger partial charge in [-0.25, -0.2) is 27.5 Å². The monoisotopic (exact) mass is 584 g/mol. The van der Waals surface area contributed by atoms with Crippen LogP contribution in [0.15, 0.2) is 90.1 Å². The summed E-state index contributed by atoms with van der Waals surface area (Å²) in [6, 6.07) is 20.3. The van der Waals surface area contributed by atoms with Crippen molar-refractivity contribution in [1.29, 1.82) is 0 Å². The Kier molecular flexibility index (Phi) is 7.64. The molecule has 1 heterocycles. The van der Waals surface area contributed by atoms with Crippen molar-refractivity contribution in [2.24, 2.45) is 5.92 Å². The van der Waals surface area contributed by atoms with Crippen LogP contribution >= 0.6 is 0 Å². The minimum absolute atomic E-state index is 0.0100. The van der Waals surface area contributed by atoms with Crippen LogP contribution in [0, 0.1) is 11.7 Å². The molecular formula is C33H33FN4O3S. The van der Waals surface area contributed by atoms with Gasteiger partial charge in [-0.15, -0.1) is 0 Å². The third-order valence-corrected chi connectivity index (χ3v) is 9.61. The van der Waals surface area contributed by atoms with Crippen LogP contribution in [0.25, 0.3) is 0 Å². The van der Waals surface area contributed by atoms with Crippen LogP contribution in [0.1, 0.15) is 72.6 Å². The summed E-state index contributed by atoms with van der Waals surface area (Å²) >= 11 is 0. The van der Waals surface area contributed by atoms with Gasteiger partial charge < -0.3 is 4.90 Å². The lowest BCUT2D eigenvalue weighted by Gasteiger charge is -2.25. The van der Waals surface area contributed by atoms with Crippen LogP contribution < -0.4 is 9.62 Å². The van der Waals surface area contributed by atoms with Gasteiger partial charge in [0.1, 0.15) is 11.6 Å². The predicted octanol–water partition coefficient (Wildman–Crippen LogP) is 6.04. The number of aromatic nitrogens is 2. The molecule has 2 aliphatic carbocycles. The first-order chi connectivity index (χ1) is 20.2. The first-order valence-corrected chi connectivity index (χ1v) is 15.8. The van der Waals surface area contributed by atoms with E-state index in [1.165, 1.54) is 12.1 Å². The summed E-state index contributed by atoms with van der Waals surface area (Å²) in [5.74, 6) is 0.510. The van der Waals surface area contributed by atoms with E-state index in [1.807, 2.05) is 50.2 Å². The van der Waals surface area contributed by atoms with Crippen LogP contribution in [0.2, 0.25) is 0 Å². The molecule has 3 unspecified atom stereocenters. The normalized spacial score (nSPS) is 19.5. The lowest BCUT2D eigenvalue weighted by molar-refractivity contribution is -0.120. The molecule has 7 nitrogen and oxygen atoms in total. The molecule has 1 fully saturated rings.